The fourth-order valence-electron chi connectivity index (χ4n) is 1.82. The summed E-state index contributed by atoms with van der Waals surface area (Å²) in [5.41, 5.74) is 0.982. The van der Waals surface area contributed by atoms with Crippen molar-refractivity contribution >= 4 is 10.0 Å². The minimum atomic E-state index is -3.59. The number of hydrogen-bond acceptors (Lipinski definition) is 4. The SMILES string of the molecule is C#CCN(CC)S(=O)(=O)c1ccc(CNC2CC2)cn1. The summed E-state index contributed by atoms with van der Waals surface area (Å²) in [5, 5.41) is 3.41. The molecular weight excluding hydrogens is 274 g/mol. The molecular formula is C14H19N3O2S. The summed E-state index contributed by atoms with van der Waals surface area (Å²) < 4.78 is 25.8. The lowest BCUT2D eigenvalue weighted by molar-refractivity contribution is 0.461. The Bertz CT molecular complexity index is 586. The summed E-state index contributed by atoms with van der Waals surface area (Å²) in [6, 6.07) is 3.95. The first-order valence-electron chi connectivity index (χ1n) is 6.70. The third kappa shape index (κ3) is 3.57. The van der Waals surface area contributed by atoms with Gasteiger partial charge in [-0.3, -0.25) is 0 Å². The van der Waals surface area contributed by atoms with E-state index in [1.165, 1.54) is 17.1 Å². The van der Waals surface area contributed by atoms with Crippen molar-refractivity contribution in [3.8, 4) is 12.3 Å². The number of pyridine rings is 1. The summed E-state index contributed by atoms with van der Waals surface area (Å²) >= 11 is 0. The lowest BCUT2D eigenvalue weighted by Crippen LogP contribution is -2.31. The molecule has 0 aromatic carbocycles. The van der Waals surface area contributed by atoms with Crippen molar-refractivity contribution in [3.63, 3.8) is 0 Å². The molecule has 1 aliphatic rings. The van der Waals surface area contributed by atoms with E-state index in [-0.39, 0.29) is 11.6 Å². The number of aromatic nitrogens is 1. The molecule has 0 spiro atoms. The van der Waals surface area contributed by atoms with Crippen molar-refractivity contribution in [3.05, 3.63) is 23.9 Å². The van der Waals surface area contributed by atoms with Crippen molar-refractivity contribution in [2.24, 2.45) is 0 Å². The van der Waals surface area contributed by atoms with Gasteiger partial charge in [0.1, 0.15) is 0 Å². The highest BCUT2D eigenvalue weighted by molar-refractivity contribution is 7.89. The molecule has 5 nitrogen and oxygen atoms in total. The Kier molecular flexibility index (Phi) is 4.76. The van der Waals surface area contributed by atoms with E-state index in [0.29, 0.717) is 12.6 Å². The third-order valence-electron chi connectivity index (χ3n) is 3.19. The lowest BCUT2D eigenvalue weighted by Gasteiger charge is -2.17. The van der Waals surface area contributed by atoms with Gasteiger partial charge < -0.3 is 5.32 Å². The van der Waals surface area contributed by atoms with E-state index in [0.717, 1.165) is 12.1 Å². The summed E-state index contributed by atoms with van der Waals surface area (Å²) in [6.45, 7) is 2.87. The van der Waals surface area contributed by atoms with Gasteiger partial charge in [0.15, 0.2) is 5.03 Å². The Labute approximate surface area is 120 Å². The summed E-state index contributed by atoms with van der Waals surface area (Å²) in [7, 11) is -3.59. The minimum Gasteiger partial charge on any atom is -0.310 e. The van der Waals surface area contributed by atoms with Crippen LogP contribution in [0.3, 0.4) is 0 Å². The average Bonchev–Trinajstić information content (AvgIpc) is 3.27. The largest absolute Gasteiger partial charge is 0.310 e. The van der Waals surface area contributed by atoms with Crippen molar-refractivity contribution in [1.29, 1.82) is 0 Å². The Morgan fingerprint density at radius 3 is 2.75 bits per heavy atom. The number of terminal acetylenes is 1. The van der Waals surface area contributed by atoms with Crippen molar-refractivity contribution in [1.82, 2.24) is 14.6 Å². The number of sulfonamides is 1. The maximum atomic E-state index is 12.3. The third-order valence-corrected chi connectivity index (χ3v) is 5.03. The van der Waals surface area contributed by atoms with Gasteiger partial charge in [0.2, 0.25) is 0 Å². The number of nitrogens with zero attached hydrogens (tertiary/aromatic N) is 2. The van der Waals surface area contributed by atoms with Crippen LogP contribution in [0.25, 0.3) is 0 Å². The Balaban J connectivity index is 2.09. The van der Waals surface area contributed by atoms with Crippen LogP contribution in [0.5, 0.6) is 0 Å². The molecule has 1 heterocycles. The second-order valence-corrected chi connectivity index (χ2v) is 6.68. The van der Waals surface area contributed by atoms with Crippen LogP contribution in [0.4, 0.5) is 0 Å². The van der Waals surface area contributed by atoms with E-state index in [4.69, 9.17) is 6.42 Å². The van der Waals surface area contributed by atoms with E-state index in [1.807, 2.05) is 0 Å². The maximum absolute atomic E-state index is 12.3. The van der Waals surface area contributed by atoms with Crippen LogP contribution in [0.2, 0.25) is 0 Å². The Morgan fingerprint density at radius 2 is 2.25 bits per heavy atom. The van der Waals surface area contributed by atoms with Gasteiger partial charge in [-0.15, -0.1) is 6.42 Å². The maximum Gasteiger partial charge on any atom is 0.261 e. The standard InChI is InChI=1S/C14H19N3O2S/c1-3-9-17(4-2)20(18,19)14-8-5-12(11-16-14)10-15-13-6-7-13/h1,5,8,11,13,15H,4,6-7,9-10H2,2H3. The topological polar surface area (TPSA) is 62.3 Å². The average molecular weight is 293 g/mol. The monoisotopic (exact) mass is 293 g/mol. The van der Waals surface area contributed by atoms with Crippen LogP contribution >= 0.6 is 0 Å². The second kappa shape index (κ2) is 6.35. The zero-order valence-electron chi connectivity index (χ0n) is 11.5. The predicted octanol–water partition coefficient (Wildman–Crippen LogP) is 0.977. The smallest absolute Gasteiger partial charge is 0.261 e. The molecule has 0 amide bonds. The van der Waals surface area contributed by atoms with Gasteiger partial charge in [-0.1, -0.05) is 18.9 Å². The van der Waals surface area contributed by atoms with Crippen LogP contribution in [0, 0.1) is 12.3 Å². The van der Waals surface area contributed by atoms with Crippen molar-refractivity contribution in [2.75, 3.05) is 13.1 Å². The van der Waals surface area contributed by atoms with Gasteiger partial charge in [-0.2, -0.15) is 4.31 Å². The van der Waals surface area contributed by atoms with Gasteiger partial charge in [-0.25, -0.2) is 13.4 Å². The first-order chi connectivity index (χ1) is 9.57. The quantitative estimate of drug-likeness (QED) is 0.761. The van der Waals surface area contributed by atoms with Crippen molar-refractivity contribution < 1.29 is 8.42 Å². The molecule has 20 heavy (non-hydrogen) atoms. The first-order valence-corrected chi connectivity index (χ1v) is 8.14. The molecule has 1 saturated carbocycles. The molecule has 0 atom stereocenters. The zero-order chi connectivity index (χ0) is 14.6. The lowest BCUT2D eigenvalue weighted by atomic mass is 10.3. The predicted molar refractivity (Wildman–Crippen MR) is 77.4 cm³/mol. The first kappa shape index (κ1) is 15.0. The van der Waals surface area contributed by atoms with E-state index >= 15 is 0 Å². The van der Waals surface area contributed by atoms with Crippen molar-refractivity contribution in [2.45, 2.75) is 37.4 Å². The number of nitrogens with one attached hydrogen (secondary N) is 1. The molecule has 6 heteroatoms. The van der Waals surface area contributed by atoms with Crippen LogP contribution < -0.4 is 5.32 Å². The Morgan fingerprint density at radius 1 is 1.50 bits per heavy atom. The summed E-state index contributed by atoms with van der Waals surface area (Å²) in [5.74, 6) is 2.35. The number of hydrogen-bond donors (Lipinski definition) is 1. The highest BCUT2D eigenvalue weighted by atomic mass is 32.2. The fraction of sp³-hybridized carbons (Fsp3) is 0.500. The minimum absolute atomic E-state index is 0.0461. The molecule has 0 saturated heterocycles. The van der Waals surface area contributed by atoms with E-state index in [2.05, 4.69) is 16.2 Å². The molecule has 1 aliphatic carbocycles. The molecule has 0 bridgehead atoms. The normalized spacial score (nSPS) is 15.2. The molecule has 108 valence electrons. The molecule has 1 fully saturated rings. The van der Waals surface area contributed by atoms with Gasteiger partial charge in [0, 0.05) is 25.3 Å². The molecule has 1 aromatic heterocycles. The summed E-state index contributed by atoms with van der Waals surface area (Å²) in [4.78, 5) is 4.06. The van der Waals surface area contributed by atoms with Crippen LogP contribution in [-0.4, -0.2) is 36.8 Å². The zero-order valence-corrected chi connectivity index (χ0v) is 12.4. The molecule has 1 N–H and O–H groups in total. The molecule has 0 aliphatic heterocycles. The van der Waals surface area contributed by atoms with E-state index in [9.17, 15) is 8.42 Å². The highest BCUT2D eigenvalue weighted by Gasteiger charge is 2.24. The second-order valence-electron chi connectivity index (χ2n) is 4.80. The van der Waals surface area contributed by atoms with E-state index < -0.39 is 10.0 Å². The molecule has 0 unspecified atom stereocenters. The van der Waals surface area contributed by atoms with Crippen LogP contribution in [0.1, 0.15) is 25.3 Å². The number of rotatable bonds is 7. The highest BCUT2D eigenvalue weighted by Crippen LogP contribution is 2.19. The fourth-order valence-corrected chi connectivity index (χ4v) is 3.09. The molecule has 2 rings (SSSR count). The van der Waals surface area contributed by atoms with E-state index in [1.54, 1.807) is 25.3 Å². The van der Waals surface area contributed by atoms with Gasteiger partial charge in [0.25, 0.3) is 10.0 Å². The van der Waals surface area contributed by atoms with Gasteiger partial charge >= 0.3 is 0 Å². The van der Waals surface area contributed by atoms with Crippen LogP contribution in [0.15, 0.2) is 23.4 Å². The molecule has 1 aromatic rings. The Hall–Kier alpha value is -1.42. The van der Waals surface area contributed by atoms with Crippen LogP contribution in [-0.2, 0) is 16.6 Å². The van der Waals surface area contributed by atoms with Gasteiger partial charge in [0.05, 0.1) is 6.54 Å². The molecule has 0 radical (unpaired) electrons. The van der Waals surface area contributed by atoms with Gasteiger partial charge in [-0.05, 0) is 24.5 Å². The summed E-state index contributed by atoms with van der Waals surface area (Å²) in [6.07, 6.45) is 9.24.